The van der Waals surface area contributed by atoms with Crippen LogP contribution in [0.25, 0.3) is 33.2 Å². The molecule has 4 aromatic carbocycles. The standard InChI is InChI=1S/C29H20O4/c1-18-27(29(32)23-12-6-8-14-26(23)33-18)21-16-15-20(17-24(21)19-9-3-2-4-10-19)28(31)22-11-5-7-13-25(22)30/h2-17,30H,1H3. The predicted molar refractivity (Wildman–Crippen MR) is 130 cm³/mol. The molecular weight excluding hydrogens is 412 g/mol. The Balaban J connectivity index is 1.76. The van der Waals surface area contributed by atoms with E-state index >= 15 is 0 Å². The van der Waals surface area contributed by atoms with Gasteiger partial charge in [0.15, 0.2) is 5.78 Å². The molecule has 4 heteroatoms. The van der Waals surface area contributed by atoms with E-state index in [4.69, 9.17) is 4.42 Å². The molecule has 0 bridgehead atoms. The van der Waals surface area contributed by atoms with Gasteiger partial charge in [0.05, 0.1) is 16.5 Å². The molecule has 0 saturated heterocycles. The summed E-state index contributed by atoms with van der Waals surface area (Å²) in [6.07, 6.45) is 0. The molecule has 1 aromatic heterocycles. The smallest absolute Gasteiger partial charge is 0.200 e. The van der Waals surface area contributed by atoms with Crippen LogP contribution >= 0.6 is 0 Å². The fourth-order valence-corrected chi connectivity index (χ4v) is 4.15. The van der Waals surface area contributed by atoms with E-state index in [-0.39, 0.29) is 22.5 Å². The van der Waals surface area contributed by atoms with Crippen molar-refractivity contribution in [3.8, 4) is 28.0 Å². The summed E-state index contributed by atoms with van der Waals surface area (Å²) in [5.74, 6) is 0.147. The predicted octanol–water partition coefficient (Wildman–Crippen LogP) is 6.37. The number of carbonyl (C=O) groups excluding carboxylic acids is 1. The number of hydrogen-bond acceptors (Lipinski definition) is 4. The maximum absolute atomic E-state index is 13.5. The van der Waals surface area contributed by atoms with Gasteiger partial charge in [0.1, 0.15) is 17.1 Å². The van der Waals surface area contributed by atoms with Crippen molar-refractivity contribution in [1.82, 2.24) is 0 Å². The molecule has 0 radical (unpaired) electrons. The number of carbonyl (C=O) groups is 1. The maximum atomic E-state index is 13.5. The Labute approximate surface area is 190 Å². The summed E-state index contributed by atoms with van der Waals surface area (Å²) < 4.78 is 5.98. The van der Waals surface area contributed by atoms with Crippen molar-refractivity contribution in [3.63, 3.8) is 0 Å². The van der Waals surface area contributed by atoms with Crippen LogP contribution in [-0.2, 0) is 0 Å². The van der Waals surface area contributed by atoms with E-state index in [1.54, 1.807) is 55.5 Å². The molecular formula is C29H20O4. The van der Waals surface area contributed by atoms with E-state index in [0.717, 1.165) is 11.1 Å². The first-order chi connectivity index (χ1) is 16.0. The third kappa shape index (κ3) is 3.62. The van der Waals surface area contributed by atoms with Gasteiger partial charge in [0, 0.05) is 5.56 Å². The number of aryl methyl sites for hydroxylation is 1. The first kappa shape index (κ1) is 20.5. The van der Waals surface area contributed by atoms with E-state index in [1.165, 1.54) is 6.07 Å². The minimum absolute atomic E-state index is 0.0705. The maximum Gasteiger partial charge on any atom is 0.200 e. The fourth-order valence-electron chi connectivity index (χ4n) is 4.15. The number of aromatic hydroxyl groups is 1. The van der Waals surface area contributed by atoms with Crippen LogP contribution in [-0.4, -0.2) is 10.9 Å². The molecule has 4 nitrogen and oxygen atoms in total. The third-order valence-corrected chi connectivity index (χ3v) is 5.76. The van der Waals surface area contributed by atoms with Crippen molar-refractivity contribution in [3.05, 3.63) is 124 Å². The van der Waals surface area contributed by atoms with Crippen molar-refractivity contribution >= 4 is 16.8 Å². The highest BCUT2D eigenvalue weighted by Gasteiger charge is 2.20. The van der Waals surface area contributed by atoms with E-state index in [1.807, 2.05) is 42.5 Å². The fraction of sp³-hybridized carbons (Fsp3) is 0.0345. The highest BCUT2D eigenvalue weighted by molar-refractivity contribution is 6.11. The van der Waals surface area contributed by atoms with Gasteiger partial charge in [0.25, 0.3) is 0 Å². The van der Waals surface area contributed by atoms with Crippen LogP contribution in [0.1, 0.15) is 21.7 Å². The lowest BCUT2D eigenvalue weighted by molar-refractivity contribution is 0.103. The number of para-hydroxylation sites is 2. The summed E-state index contributed by atoms with van der Waals surface area (Å²) in [7, 11) is 0. The molecule has 1 N–H and O–H groups in total. The molecule has 160 valence electrons. The lowest BCUT2D eigenvalue weighted by Crippen LogP contribution is -2.09. The van der Waals surface area contributed by atoms with Crippen molar-refractivity contribution in [2.75, 3.05) is 0 Å². The second-order valence-corrected chi connectivity index (χ2v) is 7.83. The van der Waals surface area contributed by atoms with Gasteiger partial charge in [-0.2, -0.15) is 0 Å². The lowest BCUT2D eigenvalue weighted by atomic mass is 9.90. The van der Waals surface area contributed by atoms with Gasteiger partial charge in [-0.15, -0.1) is 0 Å². The molecule has 33 heavy (non-hydrogen) atoms. The van der Waals surface area contributed by atoms with Crippen LogP contribution in [0.15, 0.2) is 106 Å². The molecule has 0 saturated carbocycles. The lowest BCUT2D eigenvalue weighted by Gasteiger charge is -2.14. The quantitative estimate of drug-likeness (QED) is 0.335. The zero-order valence-electron chi connectivity index (χ0n) is 17.9. The second kappa shape index (κ2) is 8.24. The van der Waals surface area contributed by atoms with Crippen LogP contribution < -0.4 is 5.43 Å². The Morgan fingerprint density at radius 2 is 1.48 bits per heavy atom. The topological polar surface area (TPSA) is 67.5 Å². The third-order valence-electron chi connectivity index (χ3n) is 5.76. The molecule has 5 rings (SSSR count). The van der Waals surface area contributed by atoms with Crippen LogP contribution in [0, 0.1) is 6.92 Å². The molecule has 5 aromatic rings. The number of hydrogen-bond donors (Lipinski definition) is 1. The minimum atomic E-state index is -0.293. The van der Waals surface area contributed by atoms with Gasteiger partial charge in [-0.3, -0.25) is 9.59 Å². The molecule has 0 aliphatic rings. The van der Waals surface area contributed by atoms with E-state index in [2.05, 4.69) is 0 Å². The summed E-state index contributed by atoms with van der Waals surface area (Å²) in [5.41, 5.74) is 3.82. The Hall–Kier alpha value is -4.44. The molecule has 0 amide bonds. The molecule has 0 unspecified atom stereocenters. The zero-order valence-corrected chi connectivity index (χ0v) is 17.9. The minimum Gasteiger partial charge on any atom is -0.507 e. The van der Waals surface area contributed by atoms with Crippen molar-refractivity contribution in [1.29, 1.82) is 0 Å². The number of benzene rings is 4. The molecule has 0 fully saturated rings. The SMILES string of the molecule is Cc1oc2ccccc2c(=O)c1-c1ccc(C(=O)c2ccccc2O)cc1-c1ccccc1. The van der Waals surface area contributed by atoms with E-state index < -0.39 is 0 Å². The number of phenols is 1. The van der Waals surface area contributed by atoms with Crippen LogP contribution in [0.2, 0.25) is 0 Å². The van der Waals surface area contributed by atoms with E-state index in [0.29, 0.717) is 33.4 Å². The van der Waals surface area contributed by atoms with Crippen molar-refractivity contribution < 1.29 is 14.3 Å². The average molecular weight is 432 g/mol. The molecule has 0 spiro atoms. The summed E-state index contributed by atoms with van der Waals surface area (Å²) in [4.78, 5) is 26.6. The number of phenolic OH excluding ortho intramolecular Hbond substituents is 1. The molecule has 0 aliphatic heterocycles. The molecule has 1 heterocycles. The highest BCUT2D eigenvalue weighted by atomic mass is 16.3. The van der Waals surface area contributed by atoms with Gasteiger partial charge in [-0.1, -0.05) is 66.7 Å². The van der Waals surface area contributed by atoms with Gasteiger partial charge in [-0.25, -0.2) is 0 Å². The Morgan fingerprint density at radius 1 is 0.788 bits per heavy atom. The van der Waals surface area contributed by atoms with Crippen molar-refractivity contribution in [2.45, 2.75) is 6.92 Å². The summed E-state index contributed by atoms with van der Waals surface area (Å²) >= 11 is 0. The Morgan fingerprint density at radius 3 is 2.27 bits per heavy atom. The van der Waals surface area contributed by atoms with Gasteiger partial charge in [-0.05, 0) is 53.9 Å². The van der Waals surface area contributed by atoms with Crippen molar-refractivity contribution in [2.24, 2.45) is 0 Å². The number of ketones is 1. The first-order valence-electron chi connectivity index (χ1n) is 10.6. The number of rotatable bonds is 4. The summed E-state index contributed by atoms with van der Waals surface area (Å²) in [6, 6.07) is 28.5. The summed E-state index contributed by atoms with van der Waals surface area (Å²) in [5, 5.41) is 10.7. The normalized spacial score (nSPS) is 10.9. The van der Waals surface area contributed by atoms with E-state index in [9.17, 15) is 14.7 Å². The first-order valence-corrected chi connectivity index (χ1v) is 10.6. The van der Waals surface area contributed by atoms with Gasteiger partial charge >= 0.3 is 0 Å². The largest absolute Gasteiger partial charge is 0.507 e. The number of fused-ring (bicyclic) bond motifs is 1. The summed E-state index contributed by atoms with van der Waals surface area (Å²) in [6.45, 7) is 1.78. The second-order valence-electron chi connectivity index (χ2n) is 7.83. The highest BCUT2D eigenvalue weighted by Crippen LogP contribution is 2.35. The van der Waals surface area contributed by atoms with Crippen LogP contribution in [0.4, 0.5) is 0 Å². The average Bonchev–Trinajstić information content (AvgIpc) is 2.84. The van der Waals surface area contributed by atoms with Crippen LogP contribution in [0.5, 0.6) is 5.75 Å². The zero-order chi connectivity index (χ0) is 22.9. The van der Waals surface area contributed by atoms with Gasteiger partial charge in [0.2, 0.25) is 5.43 Å². The molecule has 0 aliphatic carbocycles. The van der Waals surface area contributed by atoms with Gasteiger partial charge < -0.3 is 9.52 Å². The van der Waals surface area contributed by atoms with Crippen LogP contribution in [0.3, 0.4) is 0 Å². The Bertz CT molecular complexity index is 1560. The monoisotopic (exact) mass is 432 g/mol. The Kier molecular flexibility index (Phi) is 5.11. The molecule has 0 atom stereocenters.